The Bertz CT molecular complexity index is 615. The summed E-state index contributed by atoms with van der Waals surface area (Å²) >= 11 is 5.57. The fourth-order valence-electron chi connectivity index (χ4n) is 2.07. The highest BCUT2D eigenvalue weighted by Gasteiger charge is 2.23. The number of rotatable bonds is 5. The van der Waals surface area contributed by atoms with Gasteiger partial charge in [0.2, 0.25) is 0 Å². The molecule has 0 N–H and O–H groups in total. The zero-order valence-electron chi connectivity index (χ0n) is 10.9. The van der Waals surface area contributed by atoms with Crippen molar-refractivity contribution in [3.63, 3.8) is 0 Å². The van der Waals surface area contributed by atoms with E-state index < -0.39 is 18.9 Å². The normalized spacial score (nSPS) is 11.2. The number of halogens is 3. The first-order valence-corrected chi connectivity index (χ1v) is 6.63. The van der Waals surface area contributed by atoms with E-state index in [0.29, 0.717) is 5.39 Å². The van der Waals surface area contributed by atoms with E-state index in [9.17, 15) is 13.6 Å². The van der Waals surface area contributed by atoms with Gasteiger partial charge in [0.1, 0.15) is 0 Å². The van der Waals surface area contributed by atoms with Gasteiger partial charge in [-0.25, -0.2) is 8.78 Å². The van der Waals surface area contributed by atoms with E-state index in [1.54, 1.807) is 23.9 Å². The van der Waals surface area contributed by atoms with Gasteiger partial charge in [-0.05, 0) is 6.07 Å². The third-order valence-corrected chi connectivity index (χ3v) is 3.13. The zero-order valence-corrected chi connectivity index (χ0v) is 11.6. The van der Waals surface area contributed by atoms with Crippen molar-refractivity contribution in [2.24, 2.45) is 7.05 Å². The number of carbonyl (C=O) groups is 1. The van der Waals surface area contributed by atoms with Crippen LogP contribution in [0.3, 0.4) is 0 Å². The lowest BCUT2D eigenvalue weighted by molar-refractivity contribution is 0.0567. The van der Waals surface area contributed by atoms with Gasteiger partial charge >= 0.3 is 0 Å². The number of benzene rings is 1. The highest BCUT2D eigenvalue weighted by Crippen LogP contribution is 2.19. The smallest absolute Gasteiger partial charge is 0.275 e. The number of para-hydroxylation sites is 1. The van der Waals surface area contributed by atoms with Crippen LogP contribution in [0.5, 0.6) is 0 Å². The maximum absolute atomic E-state index is 12.5. The Balaban J connectivity index is 2.38. The van der Waals surface area contributed by atoms with Crippen LogP contribution in [0.1, 0.15) is 10.5 Å². The van der Waals surface area contributed by atoms with Crippen molar-refractivity contribution in [3.8, 4) is 0 Å². The number of hydrogen-bond acceptors (Lipinski definition) is 2. The second-order valence-corrected chi connectivity index (χ2v) is 4.70. The van der Waals surface area contributed by atoms with Crippen molar-refractivity contribution >= 4 is 28.4 Å². The minimum absolute atomic E-state index is 0.0651. The summed E-state index contributed by atoms with van der Waals surface area (Å²) in [5, 5.41) is 4.78. The predicted octanol–water partition coefficient (Wildman–Crippen LogP) is 2.52. The molecule has 0 atom stereocenters. The van der Waals surface area contributed by atoms with E-state index in [1.165, 1.54) is 0 Å². The molecule has 1 aromatic heterocycles. The lowest BCUT2D eigenvalue weighted by Crippen LogP contribution is -2.37. The van der Waals surface area contributed by atoms with E-state index in [0.717, 1.165) is 10.4 Å². The quantitative estimate of drug-likeness (QED) is 0.796. The second-order valence-electron chi connectivity index (χ2n) is 4.32. The van der Waals surface area contributed by atoms with Crippen molar-refractivity contribution in [2.45, 2.75) is 6.43 Å². The number of alkyl halides is 3. The molecule has 0 aliphatic rings. The molecule has 0 unspecified atom stereocenters. The largest absolute Gasteiger partial charge is 0.330 e. The van der Waals surface area contributed by atoms with Crippen molar-refractivity contribution in [3.05, 3.63) is 30.0 Å². The summed E-state index contributed by atoms with van der Waals surface area (Å²) in [4.78, 5) is 13.4. The average molecular weight is 302 g/mol. The van der Waals surface area contributed by atoms with Crippen LogP contribution in [0.25, 0.3) is 10.9 Å². The summed E-state index contributed by atoms with van der Waals surface area (Å²) < 4.78 is 26.6. The first-order chi connectivity index (χ1) is 9.54. The number of fused-ring (bicyclic) bond motifs is 1. The Labute approximate surface area is 119 Å². The molecule has 0 spiro atoms. The molecule has 0 fully saturated rings. The van der Waals surface area contributed by atoms with Gasteiger partial charge in [-0.1, -0.05) is 18.2 Å². The Hall–Kier alpha value is -1.69. The van der Waals surface area contributed by atoms with Crippen LogP contribution >= 0.6 is 11.6 Å². The molecule has 7 heteroatoms. The van der Waals surface area contributed by atoms with E-state index in [2.05, 4.69) is 5.10 Å². The molecule has 0 saturated heterocycles. The lowest BCUT2D eigenvalue weighted by Gasteiger charge is -2.20. The molecule has 0 aliphatic carbocycles. The van der Waals surface area contributed by atoms with Gasteiger partial charge in [0.05, 0.1) is 12.1 Å². The van der Waals surface area contributed by atoms with Crippen LogP contribution in [0.15, 0.2) is 24.3 Å². The third-order valence-electron chi connectivity index (χ3n) is 2.96. The highest BCUT2D eigenvalue weighted by molar-refractivity contribution is 6.18. The van der Waals surface area contributed by atoms with Gasteiger partial charge in [-0.3, -0.25) is 9.48 Å². The summed E-state index contributed by atoms with van der Waals surface area (Å²) in [6.45, 7) is -0.577. The first-order valence-electron chi connectivity index (χ1n) is 6.09. The average Bonchev–Trinajstić information content (AvgIpc) is 2.75. The van der Waals surface area contributed by atoms with E-state index in [1.807, 2.05) is 12.1 Å². The van der Waals surface area contributed by atoms with Crippen LogP contribution < -0.4 is 0 Å². The van der Waals surface area contributed by atoms with Crippen molar-refractivity contribution in [1.82, 2.24) is 14.7 Å². The first kappa shape index (κ1) is 14.7. The number of amides is 1. The van der Waals surface area contributed by atoms with Gasteiger partial charge in [0.25, 0.3) is 12.3 Å². The number of aromatic nitrogens is 2. The lowest BCUT2D eigenvalue weighted by atomic mass is 10.2. The molecule has 1 amide bonds. The minimum atomic E-state index is -2.60. The fourth-order valence-corrected chi connectivity index (χ4v) is 2.27. The van der Waals surface area contributed by atoms with E-state index in [4.69, 9.17) is 11.6 Å². The molecular weight excluding hydrogens is 288 g/mol. The summed E-state index contributed by atoms with van der Waals surface area (Å²) in [6, 6.07) is 7.17. The number of hydrogen-bond donors (Lipinski definition) is 0. The molecule has 108 valence electrons. The minimum Gasteiger partial charge on any atom is -0.330 e. The maximum Gasteiger partial charge on any atom is 0.275 e. The van der Waals surface area contributed by atoms with E-state index in [-0.39, 0.29) is 18.1 Å². The molecule has 1 heterocycles. The SMILES string of the molecule is Cn1nc(C(=O)N(CCCl)CC(F)F)c2ccccc21. The Morgan fingerprint density at radius 1 is 1.45 bits per heavy atom. The Morgan fingerprint density at radius 3 is 2.80 bits per heavy atom. The standard InChI is InChI=1S/C13H14ClF2N3O/c1-18-10-5-3-2-4-9(10)12(17-18)13(20)19(7-6-14)8-11(15)16/h2-5,11H,6-8H2,1H3. The summed E-state index contributed by atoms with van der Waals surface area (Å²) in [5.41, 5.74) is 0.951. The fraction of sp³-hybridized carbons (Fsp3) is 0.385. The van der Waals surface area contributed by atoms with Crippen LogP contribution in [0.4, 0.5) is 8.78 Å². The number of aryl methyl sites for hydroxylation is 1. The monoisotopic (exact) mass is 301 g/mol. The molecule has 2 aromatic rings. The highest BCUT2D eigenvalue weighted by atomic mass is 35.5. The Kier molecular flexibility index (Phi) is 4.54. The van der Waals surface area contributed by atoms with Crippen LogP contribution in [-0.2, 0) is 7.05 Å². The molecule has 0 bridgehead atoms. The molecule has 1 aromatic carbocycles. The van der Waals surface area contributed by atoms with Crippen molar-refractivity contribution in [1.29, 1.82) is 0 Å². The summed E-state index contributed by atoms with van der Waals surface area (Å²) in [5.74, 6) is -0.425. The molecule has 0 radical (unpaired) electrons. The summed E-state index contributed by atoms with van der Waals surface area (Å²) in [6.07, 6.45) is -2.60. The van der Waals surface area contributed by atoms with Gasteiger partial charge in [-0.2, -0.15) is 5.10 Å². The predicted molar refractivity (Wildman–Crippen MR) is 73.3 cm³/mol. The summed E-state index contributed by atoms with van der Waals surface area (Å²) in [7, 11) is 1.71. The molecule has 4 nitrogen and oxygen atoms in total. The van der Waals surface area contributed by atoms with Gasteiger partial charge in [-0.15, -0.1) is 11.6 Å². The zero-order chi connectivity index (χ0) is 14.7. The second kappa shape index (κ2) is 6.17. The van der Waals surface area contributed by atoms with Crippen LogP contribution in [0.2, 0.25) is 0 Å². The maximum atomic E-state index is 12.5. The molecule has 0 saturated carbocycles. The number of carbonyl (C=O) groups excluding carboxylic acids is 1. The van der Waals surface area contributed by atoms with E-state index >= 15 is 0 Å². The molecule has 2 rings (SSSR count). The topological polar surface area (TPSA) is 38.1 Å². The Morgan fingerprint density at radius 2 is 2.15 bits per heavy atom. The van der Waals surface area contributed by atoms with Crippen LogP contribution in [-0.4, -0.2) is 46.0 Å². The molecule has 0 aliphatic heterocycles. The molecule has 20 heavy (non-hydrogen) atoms. The van der Waals surface area contributed by atoms with Gasteiger partial charge < -0.3 is 4.90 Å². The molecular formula is C13H14ClF2N3O. The third kappa shape index (κ3) is 2.90. The van der Waals surface area contributed by atoms with Crippen molar-refractivity contribution in [2.75, 3.05) is 19.0 Å². The van der Waals surface area contributed by atoms with Crippen molar-refractivity contribution < 1.29 is 13.6 Å². The van der Waals surface area contributed by atoms with Gasteiger partial charge in [0.15, 0.2) is 5.69 Å². The van der Waals surface area contributed by atoms with Crippen LogP contribution in [0, 0.1) is 0 Å². The van der Waals surface area contributed by atoms with Gasteiger partial charge in [0, 0.05) is 24.9 Å². The number of nitrogens with zero attached hydrogens (tertiary/aromatic N) is 3.